The summed E-state index contributed by atoms with van der Waals surface area (Å²) in [5.74, 6) is -3.99. The number of carbonyl (C=O) groups is 1. The predicted octanol–water partition coefficient (Wildman–Crippen LogP) is 5.87. The molecule has 8 nitrogen and oxygen atoms in total. The Bertz CT molecular complexity index is 1320. The van der Waals surface area contributed by atoms with Crippen molar-refractivity contribution in [3.05, 3.63) is 53.1 Å². The number of halogens is 3. The molecule has 12 heteroatoms. The van der Waals surface area contributed by atoms with Gasteiger partial charge in [0.05, 0.1) is 23.1 Å². The molecule has 2 fully saturated rings. The van der Waals surface area contributed by atoms with Crippen LogP contribution < -0.4 is 19.9 Å². The fraction of sp³-hybridized carbons (Fsp3) is 0.581. The van der Waals surface area contributed by atoms with E-state index in [0.29, 0.717) is 37.5 Å². The van der Waals surface area contributed by atoms with E-state index in [1.165, 1.54) is 54.5 Å². The highest BCUT2D eigenvalue weighted by atomic mass is 35.5. The van der Waals surface area contributed by atoms with Gasteiger partial charge in [-0.1, -0.05) is 50.3 Å². The maximum Gasteiger partial charge on any atom is 0.298 e. The monoisotopic (exact) mass is 641 g/mol. The Labute approximate surface area is 258 Å². The summed E-state index contributed by atoms with van der Waals surface area (Å²) in [7, 11) is -4.55. The molecule has 0 radical (unpaired) electrons. The molecule has 1 unspecified atom stereocenters. The number of hydrogen-bond acceptors (Lipinski definition) is 6. The summed E-state index contributed by atoms with van der Waals surface area (Å²) in [6.45, 7) is 3.07. The summed E-state index contributed by atoms with van der Waals surface area (Å²) in [4.78, 5) is 14.6. The minimum absolute atomic E-state index is 0.0362. The predicted molar refractivity (Wildman–Crippen MR) is 162 cm³/mol. The average Bonchev–Trinajstić information content (AvgIpc) is 3.00. The molecule has 2 aromatic carbocycles. The summed E-state index contributed by atoms with van der Waals surface area (Å²) in [5, 5.41) is 0.134. The van der Waals surface area contributed by atoms with Crippen LogP contribution in [0.15, 0.2) is 47.4 Å². The Balaban J connectivity index is 1.57. The Morgan fingerprint density at radius 1 is 1.07 bits per heavy atom. The second-order valence-electron chi connectivity index (χ2n) is 11.5. The van der Waals surface area contributed by atoms with Crippen molar-refractivity contribution in [2.24, 2.45) is 11.7 Å². The number of nitrogens with two attached hydrogens (primary N) is 1. The molecule has 1 atom stereocenters. The lowest BCUT2D eigenvalue weighted by molar-refractivity contribution is -0.145. The molecule has 0 bridgehead atoms. The largest absolute Gasteiger partial charge is 0.493 e. The number of nitrogens with one attached hydrogen (secondary N) is 1. The number of rotatable bonds is 13. The van der Waals surface area contributed by atoms with E-state index in [4.69, 9.17) is 26.8 Å². The van der Waals surface area contributed by atoms with Crippen molar-refractivity contribution in [1.29, 1.82) is 0 Å². The molecular weight excluding hydrogens is 600 g/mol. The number of piperidine rings is 1. The van der Waals surface area contributed by atoms with E-state index in [2.05, 4.69) is 0 Å². The van der Waals surface area contributed by atoms with Crippen molar-refractivity contribution in [2.75, 3.05) is 26.3 Å². The molecule has 2 aliphatic rings. The molecule has 1 saturated carbocycles. The number of carbonyl (C=O) groups excluding carboxylic acids is 1. The number of alkyl halides is 2. The van der Waals surface area contributed by atoms with Gasteiger partial charge >= 0.3 is 0 Å². The highest BCUT2D eigenvalue weighted by Gasteiger charge is 2.50. The van der Waals surface area contributed by atoms with E-state index >= 15 is 8.78 Å². The van der Waals surface area contributed by atoms with Gasteiger partial charge in [-0.3, -0.25) is 4.79 Å². The number of likely N-dealkylation sites (tertiary alicyclic amines) is 1. The van der Waals surface area contributed by atoms with E-state index in [1.807, 2.05) is 11.6 Å². The SMILES string of the molecule is CCCCOc1cc(C(F)(F)C(NS(=O)(=O)c2ccc(OCC3CCCCC3)cc2)C(=O)N2CCC(N)CC2)ccc1Cl. The van der Waals surface area contributed by atoms with Gasteiger partial charge in [0.1, 0.15) is 11.5 Å². The van der Waals surface area contributed by atoms with Crippen LogP contribution in [0.5, 0.6) is 11.5 Å². The van der Waals surface area contributed by atoms with Crippen molar-refractivity contribution in [3.8, 4) is 11.5 Å². The smallest absolute Gasteiger partial charge is 0.298 e. The molecule has 3 N–H and O–H groups in total. The summed E-state index contributed by atoms with van der Waals surface area (Å²) in [6.07, 6.45) is 8.16. The van der Waals surface area contributed by atoms with Crippen molar-refractivity contribution < 1.29 is 31.5 Å². The summed E-state index contributed by atoms with van der Waals surface area (Å²) in [6, 6.07) is 6.41. The number of unbranched alkanes of at least 4 members (excludes halogenated alkanes) is 1. The number of amides is 1. The van der Waals surface area contributed by atoms with E-state index in [9.17, 15) is 13.2 Å². The van der Waals surface area contributed by atoms with Crippen molar-refractivity contribution in [3.63, 3.8) is 0 Å². The Kier molecular flexibility index (Phi) is 11.7. The molecule has 0 spiro atoms. The van der Waals surface area contributed by atoms with Gasteiger partial charge in [-0.25, -0.2) is 8.42 Å². The van der Waals surface area contributed by atoms with Crippen molar-refractivity contribution in [2.45, 2.75) is 87.6 Å². The standard InChI is InChI=1S/C31H42ClF2N3O5S/c1-2-3-19-41-28-20-23(9-14-27(28)32)31(33,34)29(30(38)37-17-15-24(35)16-18-37)36-43(39,40)26-12-10-25(11-13-26)42-21-22-7-5-4-6-8-22/h9-14,20,22,24,29,36H,2-8,15-19,21,35H2,1H3. The van der Waals surface area contributed by atoms with Gasteiger partial charge in [-0.2, -0.15) is 13.5 Å². The zero-order chi connectivity index (χ0) is 31.0. The highest BCUT2D eigenvalue weighted by molar-refractivity contribution is 7.89. The average molecular weight is 642 g/mol. The van der Waals surface area contributed by atoms with E-state index < -0.39 is 33.5 Å². The van der Waals surface area contributed by atoms with Gasteiger partial charge in [0.2, 0.25) is 15.9 Å². The second kappa shape index (κ2) is 15.0. The number of hydrogen-bond donors (Lipinski definition) is 2. The number of benzene rings is 2. The van der Waals surface area contributed by atoms with Crippen LogP contribution in [-0.4, -0.2) is 57.6 Å². The Hall–Kier alpha value is -2.47. The van der Waals surface area contributed by atoms with Crippen LogP contribution in [-0.2, 0) is 20.7 Å². The van der Waals surface area contributed by atoms with Crippen LogP contribution in [0.1, 0.15) is 70.3 Å². The lowest BCUT2D eigenvalue weighted by Crippen LogP contribution is -2.58. The van der Waals surface area contributed by atoms with Gasteiger partial charge in [0.15, 0.2) is 6.04 Å². The summed E-state index contributed by atoms with van der Waals surface area (Å²) >= 11 is 6.19. The van der Waals surface area contributed by atoms with Crippen LogP contribution in [0.2, 0.25) is 5.02 Å². The molecule has 238 valence electrons. The number of ether oxygens (including phenoxy) is 2. The Morgan fingerprint density at radius 2 is 1.74 bits per heavy atom. The van der Waals surface area contributed by atoms with Crippen molar-refractivity contribution >= 4 is 27.5 Å². The fourth-order valence-corrected chi connectivity index (χ4v) is 6.76. The first-order valence-corrected chi connectivity index (χ1v) is 17.0. The lowest BCUT2D eigenvalue weighted by atomic mass is 9.90. The first-order chi connectivity index (χ1) is 20.5. The first kappa shape index (κ1) is 33.4. The van der Waals surface area contributed by atoms with Crippen LogP contribution in [0.3, 0.4) is 0 Å². The highest BCUT2D eigenvalue weighted by Crippen LogP contribution is 2.38. The molecule has 1 saturated heterocycles. The molecule has 0 aromatic heterocycles. The zero-order valence-corrected chi connectivity index (χ0v) is 26.1. The maximum absolute atomic E-state index is 16.3. The van der Waals surface area contributed by atoms with Crippen molar-refractivity contribution in [1.82, 2.24) is 9.62 Å². The van der Waals surface area contributed by atoms with E-state index in [0.717, 1.165) is 31.4 Å². The van der Waals surface area contributed by atoms with Crippen LogP contribution in [0.25, 0.3) is 0 Å². The normalized spacial score (nSPS) is 17.9. The van der Waals surface area contributed by atoms with Crippen LogP contribution in [0.4, 0.5) is 8.78 Å². The molecule has 1 aliphatic heterocycles. The quantitative estimate of drug-likeness (QED) is 0.265. The molecule has 1 heterocycles. The van der Waals surface area contributed by atoms with Crippen LogP contribution >= 0.6 is 11.6 Å². The third kappa shape index (κ3) is 8.80. The van der Waals surface area contributed by atoms with E-state index in [-0.39, 0.29) is 41.4 Å². The lowest BCUT2D eigenvalue weighted by Gasteiger charge is -2.35. The molecular formula is C31H42ClF2N3O5S. The van der Waals surface area contributed by atoms with Crippen LogP contribution in [0, 0.1) is 5.92 Å². The van der Waals surface area contributed by atoms with Gasteiger partial charge < -0.3 is 20.1 Å². The number of nitrogens with zero attached hydrogens (tertiary/aromatic N) is 1. The molecule has 2 aromatic rings. The molecule has 1 aliphatic carbocycles. The maximum atomic E-state index is 16.3. The third-order valence-corrected chi connectivity index (χ3v) is 9.90. The molecule has 4 rings (SSSR count). The van der Waals surface area contributed by atoms with E-state index in [1.54, 1.807) is 0 Å². The fourth-order valence-electron chi connectivity index (χ4n) is 5.40. The molecule has 43 heavy (non-hydrogen) atoms. The van der Waals surface area contributed by atoms with Gasteiger partial charge in [-0.05, 0) is 74.4 Å². The number of sulfonamides is 1. The first-order valence-electron chi connectivity index (χ1n) is 15.1. The Morgan fingerprint density at radius 3 is 2.40 bits per heavy atom. The summed E-state index contributed by atoms with van der Waals surface area (Å²) in [5.41, 5.74) is 5.36. The second-order valence-corrected chi connectivity index (χ2v) is 13.6. The van der Waals surface area contributed by atoms with Gasteiger partial charge in [0, 0.05) is 24.7 Å². The van der Waals surface area contributed by atoms with Gasteiger partial charge in [-0.15, -0.1) is 0 Å². The summed E-state index contributed by atoms with van der Waals surface area (Å²) < 4.78 is 72.9. The third-order valence-electron chi connectivity index (χ3n) is 8.15. The minimum atomic E-state index is -4.55. The molecule has 1 amide bonds. The zero-order valence-electron chi connectivity index (χ0n) is 24.6. The topological polar surface area (TPSA) is 111 Å². The van der Waals surface area contributed by atoms with Gasteiger partial charge in [0.25, 0.3) is 5.92 Å². The minimum Gasteiger partial charge on any atom is -0.493 e.